The van der Waals surface area contributed by atoms with Crippen molar-refractivity contribution in [2.75, 3.05) is 13.2 Å². The number of aliphatic hydroxyl groups excluding tert-OH is 1. The number of ether oxygens (including phenoxy) is 2. The molecule has 0 aromatic rings. The van der Waals surface area contributed by atoms with Crippen molar-refractivity contribution in [2.24, 2.45) is 0 Å². The van der Waals surface area contributed by atoms with E-state index in [4.69, 9.17) is 9.47 Å². The fourth-order valence-electron chi connectivity index (χ4n) is 5.04. The fraction of sp³-hybridized carbons (Fsp3) is 0.674. The Labute approximate surface area is 295 Å². The first kappa shape index (κ1) is 45.3. The van der Waals surface area contributed by atoms with E-state index in [0.29, 0.717) is 12.8 Å². The molecule has 0 aromatic carbocycles. The average molecular weight is 669 g/mol. The number of hydrogen-bond acceptors (Lipinski definition) is 5. The van der Waals surface area contributed by atoms with Crippen molar-refractivity contribution in [3.63, 3.8) is 0 Å². The molecule has 1 atom stereocenters. The van der Waals surface area contributed by atoms with Gasteiger partial charge in [-0.05, 0) is 83.5 Å². The first-order chi connectivity index (χ1) is 23.6. The topological polar surface area (TPSA) is 72.8 Å². The molecule has 0 aliphatic rings. The van der Waals surface area contributed by atoms with Crippen LogP contribution in [0.5, 0.6) is 0 Å². The van der Waals surface area contributed by atoms with Crippen molar-refractivity contribution in [3.05, 3.63) is 72.9 Å². The van der Waals surface area contributed by atoms with E-state index in [9.17, 15) is 14.7 Å². The predicted octanol–water partition coefficient (Wildman–Crippen LogP) is 12.2. The molecule has 0 aromatic heterocycles. The van der Waals surface area contributed by atoms with Crippen LogP contribution in [0.25, 0.3) is 0 Å². The Bertz CT molecular complexity index is 895. The number of rotatable bonds is 34. The summed E-state index contributed by atoms with van der Waals surface area (Å²) in [4.78, 5) is 24.2. The van der Waals surface area contributed by atoms with Crippen LogP contribution in [0.2, 0.25) is 0 Å². The van der Waals surface area contributed by atoms with Crippen molar-refractivity contribution in [1.29, 1.82) is 0 Å². The number of hydrogen-bond donors (Lipinski definition) is 1. The SMILES string of the molecule is CC/C=C/C/C=C/C/C=C/C/C=C/C/C=C/CCCCCC(=O)OC[C@H](CO)OC(=O)CCCCCCCCC/C=C/CCCCCC. The summed E-state index contributed by atoms with van der Waals surface area (Å²) >= 11 is 0. The third-order valence-corrected chi connectivity index (χ3v) is 7.98. The molecule has 0 fully saturated rings. The highest BCUT2D eigenvalue weighted by atomic mass is 16.6. The lowest BCUT2D eigenvalue weighted by atomic mass is 10.1. The van der Waals surface area contributed by atoms with Gasteiger partial charge in [0.05, 0.1) is 6.61 Å². The van der Waals surface area contributed by atoms with E-state index in [1.165, 1.54) is 64.2 Å². The molecule has 0 heterocycles. The molecule has 0 aliphatic heterocycles. The Hall–Kier alpha value is -2.66. The van der Waals surface area contributed by atoms with E-state index in [1.54, 1.807) is 0 Å². The van der Waals surface area contributed by atoms with Gasteiger partial charge < -0.3 is 14.6 Å². The molecular formula is C43H72O5. The minimum absolute atomic E-state index is 0.0881. The van der Waals surface area contributed by atoms with Crippen LogP contribution in [0.4, 0.5) is 0 Å². The van der Waals surface area contributed by atoms with Crippen molar-refractivity contribution >= 4 is 11.9 Å². The van der Waals surface area contributed by atoms with Gasteiger partial charge in [0, 0.05) is 12.8 Å². The Kier molecular flexibility index (Phi) is 36.6. The molecule has 48 heavy (non-hydrogen) atoms. The Morgan fingerprint density at radius 1 is 0.500 bits per heavy atom. The molecule has 0 rings (SSSR count). The zero-order valence-electron chi connectivity index (χ0n) is 31.0. The van der Waals surface area contributed by atoms with Gasteiger partial charge in [-0.2, -0.15) is 0 Å². The quantitative estimate of drug-likeness (QED) is 0.0420. The van der Waals surface area contributed by atoms with Crippen LogP contribution >= 0.6 is 0 Å². The van der Waals surface area contributed by atoms with Crippen LogP contribution in [0, 0.1) is 0 Å². The van der Waals surface area contributed by atoms with Gasteiger partial charge in [0.15, 0.2) is 6.10 Å². The first-order valence-electron chi connectivity index (χ1n) is 19.5. The second-order valence-electron chi connectivity index (χ2n) is 12.6. The van der Waals surface area contributed by atoms with Crippen LogP contribution in [0.15, 0.2) is 72.9 Å². The summed E-state index contributed by atoms with van der Waals surface area (Å²) in [6.45, 7) is 3.96. The molecule has 274 valence electrons. The van der Waals surface area contributed by atoms with Crippen LogP contribution in [-0.2, 0) is 19.1 Å². The summed E-state index contributed by atoms with van der Waals surface area (Å²) in [5, 5.41) is 9.55. The lowest BCUT2D eigenvalue weighted by molar-refractivity contribution is -0.161. The monoisotopic (exact) mass is 669 g/mol. The van der Waals surface area contributed by atoms with Crippen LogP contribution < -0.4 is 0 Å². The maximum absolute atomic E-state index is 12.2. The molecule has 0 bridgehead atoms. The first-order valence-corrected chi connectivity index (χ1v) is 19.5. The lowest BCUT2D eigenvalue weighted by Crippen LogP contribution is -2.28. The highest BCUT2D eigenvalue weighted by Crippen LogP contribution is 2.12. The van der Waals surface area contributed by atoms with Crippen LogP contribution in [-0.4, -0.2) is 36.4 Å². The summed E-state index contributed by atoms with van der Waals surface area (Å²) < 4.78 is 10.6. The number of carbonyl (C=O) groups is 2. The summed E-state index contributed by atoms with van der Waals surface area (Å²) in [7, 11) is 0. The summed E-state index contributed by atoms with van der Waals surface area (Å²) in [6.07, 6.45) is 51.0. The van der Waals surface area contributed by atoms with Gasteiger partial charge in [-0.15, -0.1) is 0 Å². The summed E-state index contributed by atoms with van der Waals surface area (Å²) in [6, 6.07) is 0. The van der Waals surface area contributed by atoms with Gasteiger partial charge in [0.1, 0.15) is 6.61 Å². The molecule has 0 spiro atoms. The number of unbranched alkanes of at least 4 members (excludes halogenated alkanes) is 14. The summed E-state index contributed by atoms with van der Waals surface area (Å²) in [5.41, 5.74) is 0. The highest BCUT2D eigenvalue weighted by molar-refractivity contribution is 5.70. The van der Waals surface area contributed by atoms with E-state index in [1.807, 2.05) is 0 Å². The largest absolute Gasteiger partial charge is 0.462 e. The predicted molar refractivity (Wildman–Crippen MR) is 205 cm³/mol. The Balaban J connectivity index is 3.66. The molecule has 0 saturated heterocycles. The lowest BCUT2D eigenvalue weighted by Gasteiger charge is -2.15. The normalized spacial score (nSPS) is 13.0. The zero-order valence-corrected chi connectivity index (χ0v) is 31.0. The average Bonchev–Trinajstić information content (AvgIpc) is 3.09. The van der Waals surface area contributed by atoms with Crippen molar-refractivity contribution in [2.45, 2.75) is 174 Å². The molecule has 0 radical (unpaired) electrons. The number of esters is 2. The smallest absolute Gasteiger partial charge is 0.306 e. The zero-order chi connectivity index (χ0) is 35.0. The van der Waals surface area contributed by atoms with E-state index < -0.39 is 6.10 Å². The number of carbonyl (C=O) groups excluding carboxylic acids is 2. The third-order valence-electron chi connectivity index (χ3n) is 7.98. The van der Waals surface area contributed by atoms with E-state index in [0.717, 1.165) is 77.0 Å². The highest BCUT2D eigenvalue weighted by Gasteiger charge is 2.16. The second-order valence-corrected chi connectivity index (χ2v) is 12.6. The van der Waals surface area contributed by atoms with E-state index >= 15 is 0 Å². The van der Waals surface area contributed by atoms with Crippen molar-refractivity contribution in [3.8, 4) is 0 Å². The third kappa shape index (κ3) is 36.2. The second kappa shape index (κ2) is 38.8. The molecule has 1 N–H and O–H groups in total. The maximum Gasteiger partial charge on any atom is 0.306 e. The molecule has 0 saturated carbocycles. The summed E-state index contributed by atoms with van der Waals surface area (Å²) in [5.74, 6) is -0.639. The number of allylic oxidation sites excluding steroid dienone is 12. The van der Waals surface area contributed by atoms with Gasteiger partial charge >= 0.3 is 11.9 Å². The van der Waals surface area contributed by atoms with Crippen LogP contribution in [0.3, 0.4) is 0 Å². The molecule has 0 aliphatic carbocycles. The number of aliphatic hydroxyl groups is 1. The van der Waals surface area contributed by atoms with Gasteiger partial charge in [0.2, 0.25) is 0 Å². The minimum Gasteiger partial charge on any atom is -0.462 e. The van der Waals surface area contributed by atoms with Gasteiger partial charge in [0.25, 0.3) is 0 Å². The van der Waals surface area contributed by atoms with Gasteiger partial charge in [-0.3, -0.25) is 9.59 Å². The van der Waals surface area contributed by atoms with E-state index in [-0.39, 0.29) is 25.2 Å². The van der Waals surface area contributed by atoms with Crippen molar-refractivity contribution in [1.82, 2.24) is 0 Å². The maximum atomic E-state index is 12.2. The van der Waals surface area contributed by atoms with Crippen LogP contribution in [0.1, 0.15) is 168 Å². The Morgan fingerprint density at radius 2 is 0.896 bits per heavy atom. The molecule has 0 unspecified atom stereocenters. The molecule has 5 heteroatoms. The van der Waals surface area contributed by atoms with Gasteiger partial charge in [-0.25, -0.2) is 0 Å². The standard InChI is InChI=1S/C43H72O5/c1-3-5-7-9-11-13-15-17-19-20-21-22-24-25-27-29-31-33-35-37-42(45)47-40-41(39-44)48-43(46)38-36-34-32-30-28-26-23-18-16-14-12-10-8-6-4-2/h5,7,11,13-14,16-17,19,21-22,25,27,41,44H,3-4,6,8-10,12,15,18,20,23-24,26,28-40H2,1-2H3/b7-5+,13-11+,16-14+,19-17+,22-21+,27-25+/t41-/m0/s1. The van der Waals surface area contributed by atoms with Gasteiger partial charge in [-0.1, -0.05) is 145 Å². The Morgan fingerprint density at radius 3 is 1.40 bits per heavy atom. The molecular weight excluding hydrogens is 596 g/mol. The molecule has 5 nitrogen and oxygen atoms in total. The van der Waals surface area contributed by atoms with Crippen molar-refractivity contribution < 1.29 is 24.2 Å². The van der Waals surface area contributed by atoms with E-state index in [2.05, 4.69) is 86.8 Å². The fourth-order valence-corrected chi connectivity index (χ4v) is 5.04. The minimum atomic E-state index is -0.790. The molecule has 0 amide bonds.